The summed E-state index contributed by atoms with van der Waals surface area (Å²) >= 11 is 0. The van der Waals surface area contributed by atoms with Crippen LogP contribution in [0.5, 0.6) is 5.75 Å². The van der Waals surface area contributed by atoms with E-state index in [1.807, 2.05) is 61.5 Å². The van der Waals surface area contributed by atoms with Gasteiger partial charge in [-0.2, -0.15) is 0 Å². The average Bonchev–Trinajstić information content (AvgIpc) is 2.74. The topological polar surface area (TPSA) is 71.1 Å². The zero-order valence-corrected chi connectivity index (χ0v) is 16.0. The fraction of sp³-hybridized carbons (Fsp3) is 0.333. The zero-order valence-electron chi connectivity index (χ0n) is 16.0. The molecule has 7 heteroatoms. The highest BCUT2D eigenvalue weighted by Crippen LogP contribution is 2.20. The van der Waals surface area contributed by atoms with E-state index < -0.39 is 0 Å². The first-order valence-corrected chi connectivity index (χ1v) is 9.40. The molecule has 2 aromatic rings. The fourth-order valence-electron chi connectivity index (χ4n) is 2.98. The molecule has 2 amide bonds. The van der Waals surface area contributed by atoms with Crippen LogP contribution < -0.4 is 15.0 Å². The number of piperazine rings is 1. The summed E-state index contributed by atoms with van der Waals surface area (Å²) in [6, 6.07) is 16.9. The molecule has 7 nitrogen and oxygen atoms in total. The zero-order chi connectivity index (χ0) is 19.8. The van der Waals surface area contributed by atoms with E-state index in [1.54, 1.807) is 4.90 Å². The van der Waals surface area contributed by atoms with Crippen molar-refractivity contribution in [3.05, 3.63) is 54.6 Å². The number of amides is 2. The molecule has 1 N–H and O–H groups in total. The number of carbonyl (C=O) groups excluding carboxylic acids is 2. The molecule has 0 aromatic heterocycles. The number of hydrogen-bond donors (Lipinski definition) is 1. The fourth-order valence-corrected chi connectivity index (χ4v) is 2.98. The van der Waals surface area contributed by atoms with Crippen LogP contribution in [0, 0.1) is 0 Å². The summed E-state index contributed by atoms with van der Waals surface area (Å²) in [5.74, 6) is 0.453. The van der Waals surface area contributed by atoms with Gasteiger partial charge in [-0.1, -0.05) is 18.2 Å². The van der Waals surface area contributed by atoms with Gasteiger partial charge in [-0.25, -0.2) is 4.79 Å². The molecule has 3 rings (SSSR count). The van der Waals surface area contributed by atoms with Gasteiger partial charge in [0.2, 0.25) is 0 Å². The van der Waals surface area contributed by atoms with Crippen LogP contribution in [-0.2, 0) is 9.53 Å². The molecule has 0 unspecified atom stereocenters. The lowest BCUT2D eigenvalue weighted by Gasteiger charge is -2.35. The highest BCUT2D eigenvalue weighted by Gasteiger charge is 2.22. The van der Waals surface area contributed by atoms with Crippen LogP contribution >= 0.6 is 0 Å². The van der Waals surface area contributed by atoms with Gasteiger partial charge >= 0.3 is 6.09 Å². The largest absolute Gasteiger partial charge is 0.484 e. The van der Waals surface area contributed by atoms with Crippen LogP contribution in [0.3, 0.4) is 0 Å². The summed E-state index contributed by atoms with van der Waals surface area (Å²) in [5, 5.41) is 2.83. The number of para-hydroxylation sites is 1. The van der Waals surface area contributed by atoms with Crippen LogP contribution in [0.25, 0.3) is 0 Å². The first-order chi connectivity index (χ1) is 13.7. The number of anilines is 2. The Labute approximate surface area is 164 Å². The first-order valence-electron chi connectivity index (χ1n) is 9.40. The maximum atomic E-state index is 12.0. The highest BCUT2D eigenvalue weighted by atomic mass is 16.6. The van der Waals surface area contributed by atoms with Crippen LogP contribution in [0.15, 0.2) is 54.6 Å². The molecule has 0 spiro atoms. The third-order valence-electron chi connectivity index (χ3n) is 4.44. The summed E-state index contributed by atoms with van der Waals surface area (Å²) in [6.45, 7) is 4.92. The SMILES string of the molecule is CCOC(=O)N1CCN(c2ccc(NC(=O)COc3ccccc3)cc2)CC1. The van der Waals surface area contributed by atoms with E-state index in [2.05, 4.69) is 10.2 Å². The van der Waals surface area contributed by atoms with Crippen molar-refractivity contribution in [2.24, 2.45) is 0 Å². The molecule has 1 fully saturated rings. The lowest BCUT2D eigenvalue weighted by molar-refractivity contribution is -0.118. The Morgan fingerprint density at radius 1 is 0.964 bits per heavy atom. The maximum Gasteiger partial charge on any atom is 0.409 e. The Hall–Kier alpha value is -3.22. The molecule has 0 atom stereocenters. The molecular formula is C21H25N3O4. The van der Waals surface area contributed by atoms with Gasteiger partial charge in [0.1, 0.15) is 5.75 Å². The predicted molar refractivity (Wildman–Crippen MR) is 108 cm³/mol. The van der Waals surface area contributed by atoms with Crippen molar-refractivity contribution in [2.75, 3.05) is 49.6 Å². The lowest BCUT2D eigenvalue weighted by atomic mass is 10.2. The van der Waals surface area contributed by atoms with E-state index >= 15 is 0 Å². The summed E-state index contributed by atoms with van der Waals surface area (Å²) in [4.78, 5) is 27.7. The standard InChI is InChI=1S/C21H25N3O4/c1-2-27-21(26)24-14-12-23(13-15-24)18-10-8-17(9-11-18)22-20(25)16-28-19-6-4-3-5-7-19/h3-11H,2,12-16H2,1H3,(H,22,25). The Kier molecular flexibility index (Phi) is 6.73. The van der Waals surface area contributed by atoms with E-state index in [-0.39, 0.29) is 18.6 Å². The molecule has 1 aliphatic rings. The van der Waals surface area contributed by atoms with Crippen molar-refractivity contribution in [1.82, 2.24) is 4.90 Å². The Morgan fingerprint density at radius 3 is 2.29 bits per heavy atom. The van der Waals surface area contributed by atoms with Crippen molar-refractivity contribution in [2.45, 2.75) is 6.92 Å². The minimum absolute atomic E-state index is 0.0401. The number of hydrogen-bond acceptors (Lipinski definition) is 5. The van der Waals surface area contributed by atoms with E-state index in [9.17, 15) is 9.59 Å². The summed E-state index contributed by atoms with van der Waals surface area (Å²) in [7, 11) is 0. The van der Waals surface area contributed by atoms with Crippen molar-refractivity contribution in [3.63, 3.8) is 0 Å². The molecule has 2 aromatic carbocycles. The van der Waals surface area contributed by atoms with Gasteiger partial charge in [0.15, 0.2) is 6.61 Å². The van der Waals surface area contributed by atoms with Crippen LogP contribution in [0.4, 0.5) is 16.2 Å². The maximum absolute atomic E-state index is 12.0. The van der Waals surface area contributed by atoms with Gasteiger partial charge in [0, 0.05) is 37.6 Å². The molecule has 1 aliphatic heterocycles. The molecule has 1 saturated heterocycles. The highest BCUT2D eigenvalue weighted by molar-refractivity contribution is 5.92. The number of ether oxygens (including phenoxy) is 2. The molecule has 0 radical (unpaired) electrons. The van der Waals surface area contributed by atoms with Crippen LogP contribution in [-0.4, -0.2) is 56.3 Å². The van der Waals surface area contributed by atoms with Crippen molar-refractivity contribution >= 4 is 23.4 Å². The lowest BCUT2D eigenvalue weighted by Crippen LogP contribution is -2.49. The average molecular weight is 383 g/mol. The van der Waals surface area contributed by atoms with Gasteiger partial charge < -0.3 is 24.6 Å². The van der Waals surface area contributed by atoms with E-state index in [0.29, 0.717) is 25.4 Å². The van der Waals surface area contributed by atoms with Gasteiger partial charge in [0.05, 0.1) is 6.61 Å². The number of nitrogens with one attached hydrogen (secondary N) is 1. The van der Waals surface area contributed by atoms with Crippen LogP contribution in [0.2, 0.25) is 0 Å². The minimum atomic E-state index is -0.252. The second-order valence-corrected chi connectivity index (χ2v) is 6.37. The molecule has 1 heterocycles. The summed E-state index contributed by atoms with van der Waals surface area (Å²) < 4.78 is 10.5. The normalized spacial score (nSPS) is 13.8. The van der Waals surface area contributed by atoms with Gasteiger partial charge in [-0.15, -0.1) is 0 Å². The molecule has 0 saturated carbocycles. The summed E-state index contributed by atoms with van der Waals surface area (Å²) in [5.41, 5.74) is 1.78. The molecule has 0 bridgehead atoms. The van der Waals surface area contributed by atoms with Crippen molar-refractivity contribution < 1.29 is 19.1 Å². The number of nitrogens with zero attached hydrogens (tertiary/aromatic N) is 2. The van der Waals surface area contributed by atoms with Crippen molar-refractivity contribution in [3.8, 4) is 5.75 Å². The number of benzene rings is 2. The van der Waals surface area contributed by atoms with Gasteiger partial charge in [0.25, 0.3) is 5.91 Å². The smallest absolute Gasteiger partial charge is 0.409 e. The molecule has 148 valence electrons. The Balaban J connectivity index is 1.46. The third kappa shape index (κ3) is 5.39. The second-order valence-electron chi connectivity index (χ2n) is 6.37. The minimum Gasteiger partial charge on any atom is -0.484 e. The second kappa shape index (κ2) is 9.64. The van der Waals surface area contributed by atoms with Gasteiger partial charge in [-0.05, 0) is 43.3 Å². The van der Waals surface area contributed by atoms with E-state index in [1.165, 1.54) is 0 Å². The number of carbonyl (C=O) groups is 2. The number of rotatable bonds is 6. The predicted octanol–water partition coefficient (Wildman–Crippen LogP) is 2.98. The van der Waals surface area contributed by atoms with Crippen molar-refractivity contribution in [1.29, 1.82) is 0 Å². The van der Waals surface area contributed by atoms with Crippen LogP contribution in [0.1, 0.15) is 6.92 Å². The molecular weight excluding hydrogens is 358 g/mol. The Bertz CT molecular complexity index is 772. The quantitative estimate of drug-likeness (QED) is 0.830. The molecule has 28 heavy (non-hydrogen) atoms. The monoisotopic (exact) mass is 383 g/mol. The summed E-state index contributed by atoms with van der Waals surface area (Å²) in [6.07, 6.45) is -0.252. The van der Waals surface area contributed by atoms with E-state index in [0.717, 1.165) is 24.5 Å². The van der Waals surface area contributed by atoms with Gasteiger partial charge in [-0.3, -0.25) is 4.79 Å². The third-order valence-corrected chi connectivity index (χ3v) is 4.44. The Morgan fingerprint density at radius 2 is 1.64 bits per heavy atom. The van der Waals surface area contributed by atoms with E-state index in [4.69, 9.17) is 9.47 Å². The first kappa shape index (κ1) is 19.5. The molecule has 0 aliphatic carbocycles.